The van der Waals surface area contributed by atoms with E-state index in [0.717, 1.165) is 45.5 Å². The Bertz CT molecular complexity index is 652. The van der Waals surface area contributed by atoms with Crippen LogP contribution in [0.1, 0.15) is 21.7 Å². The van der Waals surface area contributed by atoms with Crippen LogP contribution in [-0.2, 0) is 19.4 Å². The first kappa shape index (κ1) is 14.0. The lowest BCUT2D eigenvalue weighted by Gasteiger charge is -2.16. The fourth-order valence-corrected chi connectivity index (χ4v) is 3.66. The molecule has 20 heavy (non-hydrogen) atoms. The highest BCUT2D eigenvalue weighted by Gasteiger charge is 2.25. The molecule has 0 radical (unpaired) electrons. The standard InChI is InChI=1S/C14H13Br2N3O/c15-13-10-8-17-6-4-11(10)19(14(13)16)12(20)7-9-3-1-2-5-18-9/h1-3,5,17H,4,6-8H2. The van der Waals surface area contributed by atoms with Crippen LogP contribution in [0.4, 0.5) is 0 Å². The number of pyridine rings is 1. The zero-order chi connectivity index (χ0) is 14.1. The Labute approximate surface area is 133 Å². The van der Waals surface area contributed by atoms with Gasteiger partial charge in [0.05, 0.1) is 10.9 Å². The van der Waals surface area contributed by atoms with Gasteiger partial charge in [-0.1, -0.05) is 6.07 Å². The molecule has 0 amide bonds. The summed E-state index contributed by atoms with van der Waals surface area (Å²) in [6.07, 6.45) is 2.87. The van der Waals surface area contributed by atoms with Gasteiger partial charge in [-0.3, -0.25) is 14.3 Å². The molecular weight excluding hydrogens is 386 g/mol. The van der Waals surface area contributed by atoms with E-state index in [1.54, 1.807) is 10.8 Å². The second-order valence-electron chi connectivity index (χ2n) is 4.68. The molecule has 0 saturated carbocycles. The molecule has 1 N–H and O–H groups in total. The molecule has 0 bridgehead atoms. The minimum atomic E-state index is 0.0411. The molecular formula is C14H13Br2N3O. The maximum absolute atomic E-state index is 12.6. The summed E-state index contributed by atoms with van der Waals surface area (Å²) in [7, 11) is 0. The normalized spacial score (nSPS) is 14.1. The van der Waals surface area contributed by atoms with Crippen molar-refractivity contribution in [3.8, 4) is 0 Å². The highest BCUT2D eigenvalue weighted by atomic mass is 79.9. The van der Waals surface area contributed by atoms with Gasteiger partial charge in [-0.05, 0) is 44.0 Å². The number of aromatic nitrogens is 2. The lowest BCUT2D eigenvalue weighted by atomic mass is 10.1. The zero-order valence-corrected chi connectivity index (χ0v) is 13.9. The minimum Gasteiger partial charge on any atom is -0.312 e. The number of nitrogens with zero attached hydrogens (tertiary/aromatic N) is 2. The van der Waals surface area contributed by atoms with Gasteiger partial charge >= 0.3 is 0 Å². The van der Waals surface area contributed by atoms with E-state index >= 15 is 0 Å². The smallest absolute Gasteiger partial charge is 0.237 e. The summed E-state index contributed by atoms with van der Waals surface area (Å²) >= 11 is 7.09. The van der Waals surface area contributed by atoms with Crippen molar-refractivity contribution in [2.45, 2.75) is 19.4 Å². The number of fused-ring (bicyclic) bond motifs is 1. The van der Waals surface area contributed by atoms with Gasteiger partial charge < -0.3 is 5.32 Å². The van der Waals surface area contributed by atoms with E-state index in [4.69, 9.17) is 0 Å². The Morgan fingerprint density at radius 3 is 3.00 bits per heavy atom. The monoisotopic (exact) mass is 397 g/mol. The third-order valence-electron chi connectivity index (χ3n) is 3.41. The van der Waals surface area contributed by atoms with Gasteiger partial charge in [-0.2, -0.15) is 0 Å². The van der Waals surface area contributed by atoms with Crippen molar-refractivity contribution in [1.82, 2.24) is 14.9 Å². The average Bonchev–Trinajstić information content (AvgIpc) is 2.72. The minimum absolute atomic E-state index is 0.0411. The molecule has 0 fully saturated rings. The number of carbonyl (C=O) groups excluding carboxylic acids is 1. The van der Waals surface area contributed by atoms with Crippen molar-refractivity contribution >= 4 is 37.8 Å². The van der Waals surface area contributed by atoms with Crippen LogP contribution in [0.5, 0.6) is 0 Å². The van der Waals surface area contributed by atoms with E-state index in [-0.39, 0.29) is 5.91 Å². The van der Waals surface area contributed by atoms with Gasteiger partial charge in [0.1, 0.15) is 4.60 Å². The third kappa shape index (κ3) is 2.47. The second kappa shape index (κ2) is 5.79. The fourth-order valence-electron chi connectivity index (χ4n) is 2.46. The summed E-state index contributed by atoms with van der Waals surface area (Å²) in [6.45, 7) is 1.69. The van der Waals surface area contributed by atoms with Crippen LogP contribution in [0.2, 0.25) is 0 Å². The van der Waals surface area contributed by atoms with Crippen LogP contribution < -0.4 is 5.32 Å². The van der Waals surface area contributed by atoms with Gasteiger partial charge in [-0.15, -0.1) is 0 Å². The summed E-state index contributed by atoms with van der Waals surface area (Å²) in [6, 6.07) is 5.62. The highest BCUT2D eigenvalue weighted by Crippen LogP contribution is 2.34. The summed E-state index contributed by atoms with van der Waals surface area (Å²) in [5, 5.41) is 3.32. The van der Waals surface area contributed by atoms with Crippen molar-refractivity contribution in [2.75, 3.05) is 6.54 Å². The molecule has 0 unspecified atom stereocenters. The van der Waals surface area contributed by atoms with Gasteiger partial charge in [0.2, 0.25) is 5.91 Å². The summed E-state index contributed by atoms with van der Waals surface area (Å²) in [5.41, 5.74) is 3.04. The first-order valence-electron chi connectivity index (χ1n) is 6.39. The molecule has 6 heteroatoms. The van der Waals surface area contributed by atoms with Gasteiger partial charge in [0.15, 0.2) is 0 Å². The topological polar surface area (TPSA) is 46.9 Å². The summed E-state index contributed by atoms with van der Waals surface area (Å²) in [4.78, 5) is 16.8. The first-order chi connectivity index (χ1) is 9.68. The van der Waals surface area contributed by atoms with E-state index in [2.05, 4.69) is 42.2 Å². The molecule has 2 aromatic heterocycles. The molecule has 1 aliphatic rings. The van der Waals surface area contributed by atoms with Crippen molar-refractivity contribution in [1.29, 1.82) is 0 Å². The third-order valence-corrected chi connectivity index (χ3v) is 5.55. The lowest BCUT2D eigenvalue weighted by Crippen LogP contribution is -2.27. The van der Waals surface area contributed by atoms with Gasteiger partial charge in [-0.25, -0.2) is 0 Å². The molecule has 0 spiro atoms. The van der Waals surface area contributed by atoms with Crippen LogP contribution in [-0.4, -0.2) is 22.0 Å². The molecule has 4 nitrogen and oxygen atoms in total. The first-order valence-corrected chi connectivity index (χ1v) is 7.98. The largest absolute Gasteiger partial charge is 0.312 e. The molecule has 3 rings (SSSR count). The number of hydrogen-bond acceptors (Lipinski definition) is 3. The van der Waals surface area contributed by atoms with E-state index in [0.29, 0.717) is 6.42 Å². The van der Waals surface area contributed by atoms with Crippen molar-refractivity contribution in [3.63, 3.8) is 0 Å². The maximum Gasteiger partial charge on any atom is 0.237 e. The van der Waals surface area contributed by atoms with Crippen LogP contribution >= 0.6 is 31.9 Å². The Morgan fingerprint density at radius 1 is 1.40 bits per heavy atom. The lowest BCUT2D eigenvalue weighted by molar-refractivity contribution is 0.0907. The number of nitrogens with one attached hydrogen (secondary N) is 1. The molecule has 2 aromatic rings. The Kier molecular flexibility index (Phi) is 4.05. The number of hydrogen-bond donors (Lipinski definition) is 1. The van der Waals surface area contributed by atoms with Gasteiger partial charge in [0, 0.05) is 42.7 Å². The zero-order valence-electron chi connectivity index (χ0n) is 10.7. The van der Waals surface area contributed by atoms with Gasteiger partial charge in [0.25, 0.3) is 0 Å². The summed E-state index contributed by atoms with van der Waals surface area (Å²) in [5.74, 6) is 0.0411. The van der Waals surface area contributed by atoms with Crippen LogP contribution in [0.25, 0.3) is 0 Å². The molecule has 3 heterocycles. The Balaban J connectivity index is 1.96. The molecule has 0 aromatic carbocycles. The van der Waals surface area contributed by atoms with Crippen LogP contribution in [0.15, 0.2) is 33.5 Å². The molecule has 0 aliphatic carbocycles. The average molecular weight is 399 g/mol. The predicted octanol–water partition coefficient (Wildman–Crippen LogP) is 2.94. The van der Waals surface area contributed by atoms with E-state index in [1.807, 2.05) is 18.2 Å². The Hall–Kier alpha value is -0.980. The highest BCUT2D eigenvalue weighted by molar-refractivity contribution is 9.13. The molecule has 1 aliphatic heterocycles. The quantitative estimate of drug-likeness (QED) is 0.845. The molecule has 104 valence electrons. The maximum atomic E-state index is 12.6. The fraction of sp³-hybridized carbons (Fsp3) is 0.286. The number of halogens is 2. The van der Waals surface area contributed by atoms with Crippen LogP contribution in [0, 0.1) is 0 Å². The Morgan fingerprint density at radius 2 is 2.25 bits per heavy atom. The molecule has 0 atom stereocenters. The van der Waals surface area contributed by atoms with Crippen molar-refractivity contribution in [2.24, 2.45) is 0 Å². The summed E-state index contributed by atoms with van der Waals surface area (Å²) < 4.78 is 3.54. The second-order valence-corrected chi connectivity index (χ2v) is 6.23. The molecule has 0 saturated heterocycles. The van der Waals surface area contributed by atoms with E-state index in [9.17, 15) is 4.79 Å². The predicted molar refractivity (Wildman–Crippen MR) is 83.8 cm³/mol. The van der Waals surface area contributed by atoms with Crippen molar-refractivity contribution in [3.05, 3.63) is 50.4 Å². The van der Waals surface area contributed by atoms with Crippen LogP contribution in [0.3, 0.4) is 0 Å². The number of rotatable bonds is 2. The number of carbonyl (C=O) groups is 1. The van der Waals surface area contributed by atoms with E-state index < -0.39 is 0 Å². The van der Waals surface area contributed by atoms with Crippen molar-refractivity contribution < 1.29 is 4.79 Å². The van der Waals surface area contributed by atoms with E-state index in [1.165, 1.54) is 0 Å². The SMILES string of the molecule is O=C(Cc1ccccn1)n1c(Br)c(Br)c2c1CCNC2.